The zero-order valence-electron chi connectivity index (χ0n) is 22.8. The van der Waals surface area contributed by atoms with Crippen LogP contribution >= 0.6 is 0 Å². The molecule has 41 heavy (non-hydrogen) atoms. The van der Waals surface area contributed by atoms with Gasteiger partial charge in [0, 0.05) is 18.0 Å². The lowest BCUT2D eigenvalue weighted by molar-refractivity contribution is -0.144. The van der Waals surface area contributed by atoms with Gasteiger partial charge >= 0.3 is 5.97 Å². The van der Waals surface area contributed by atoms with Crippen LogP contribution in [-0.2, 0) is 28.7 Å². The Morgan fingerprint density at radius 1 is 1.05 bits per heavy atom. The highest BCUT2D eigenvalue weighted by Crippen LogP contribution is 2.13. The van der Waals surface area contributed by atoms with Gasteiger partial charge in [0.1, 0.15) is 43.3 Å². The van der Waals surface area contributed by atoms with Crippen LogP contribution in [0.4, 0.5) is 0 Å². The van der Waals surface area contributed by atoms with Gasteiger partial charge in [-0.3, -0.25) is 24.0 Å². The number of carboxylic acids is 1. The van der Waals surface area contributed by atoms with E-state index >= 15 is 0 Å². The number of amides is 4. The molecule has 0 spiro atoms. The molecule has 0 heterocycles. The summed E-state index contributed by atoms with van der Waals surface area (Å²) in [5.41, 5.74) is 5.44. The first kappa shape index (κ1) is 35.1. The summed E-state index contributed by atoms with van der Waals surface area (Å²) in [7, 11) is 0. The van der Waals surface area contributed by atoms with Crippen molar-refractivity contribution in [3.63, 3.8) is 0 Å². The van der Waals surface area contributed by atoms with Crippen LogP contribution in [0.25, 0.3) is 0 Å². The van der Waals surface area contributed by atoms with Gasteiger partial charge < -0.3 is 51.6 Å². The topological polar surface area (TPSA) is 255 Å². The van der Waals surface area contributed by atoms with E-state index in [-0.39, 0.29) is 24.7 Å². The summed E-state index contributed by atoms with van der Waals surface area (Å²) < 4.78 is 5.41. The lowest BCUT2D eigenvalue weighted by Crippen LogP contribution is -2.56. The molecule has 4 amide bonds. The van der Waals surface area contributed by atoms with Crippen molar-refractivity contribution in [2.75, 3.05) is 13.2 Å². The van der Waals surface area contributed by atoms with Crippen molar-refractivity contribution in [2.45, 2.75) is 69.5 Å². The third-order valence-electron chi connectivity index (χ3n) is 6.23. The molecule has 0 aliphatic rings. The highest BCUT2D eigenvalue weighted by atomic mass is 16.5. The van der Waals surface area contributed by atoms with Gasteiger partial charge in [0.25, 0.3) is 5.91 Å². The number of hydrogen-bond acceptors (Lipinski definition) is 10. The summed E-state index contributed by atoms with van der Waals surface area (Å²) in [4.78, 5) is 72.2. The summed E-state index contributed by atoms with van der Waals surface area (Å²) in [6, 6.07) is 4.20. The molecule has 0 aliphatic heterocycles. The minimum Gasteiger partial charge on any atom is -0.481 e. The Kier molecular flexibility index (Phi) is 15.2. The number of nitrogens with one attached hydrogen (secondary N) is 3. The summed E-state index contributed by atoms with van der Waals surface area (Å²) >= 11 is 0. The van der Waals surface area contributed by atoms with Crippen LogP contribution in [0.5, 0.6) is 0 Å². The fraction of sp³-hybridized carbons (Fsp3) is 0.538. The monoisotopic (exact) mass is 582 g/mol. The number of carbonyl (C=O) groups excluding carboxylic acids is 5. The van der Waals surface area contributed by atoms with Gasteiger partial charge in [-0.25, -0.2) is 0 Å². The molecule has 15 heteroatoms. The van der Waals surface area contributed by atoms with Crippen molar-refractivity contribution in [1.82, 2.24) is 16.0 Å². The largest absolute Gasteiger partial charge is 0.481 e. The number of benzene rings is 1. The summed E-state index contributed by atoms with van der Waals surface area (Å²) in [6.07, 6.45) is -5.48. The molecule has 0 saturated carbocycles. The zero-order valence-corrected chi connectivity index (χ0v) is 22.8. The minimum absolute atomic E-state index is 0.187. The van der Waals surface area contributed by atoms with Crippen LogP contribution in [0, 0.1) is 5.92 Å². The number of carboxylic acid groups (broad SMARTS) is 1. The molecule has 0 radical (unpaired) electrons. The lowest BCUT2D eigenvalue weighted by Gasteiger charge is -2.31. The van der Waals surface area contributed by atoms with E-state index in [2.05, 4.69) is 16.0 Å². The SMILES string of the molecule is CCC(C(=O)NC(CCC(=O)O)C(N)=O)C(C)NC(=O)CO[C@@H]([C@H](O)[C@H](O)CO)[C@H](C=O)NC(=O)c1ccccc1. The molecule has 7 atom stereocenters. The number of aliphatic hydroxyl groups excluding tert-OH is 3. The molecule has 1 aromatic carbocycles. The Bertz CT molecular complexity index is 1040. The van der Waals surface area contributed by atoms with Crippen LogP contribution in [0.1, 0.15) is 43.5 Å². The molecule has 0 fully saturated rings. The fourth-order valence-electron chi connectivity index (χ4n) is 3.93. The summed E-state index contributed by atoms with van der Waals surface area (Å²) in [5, 5.41) is 45.7. The first-order valence-corrected chi connectivity index (χ1v) is 12.9. The number of nitrogens with two attached hydrogens (primary N) is 1. The molecule has 228 valence electrons. The van der Waals surface area contributed by atoms with E-state index in [1.165, 1.54) is 19.1 Å². The highest BCUT2D eigenvalue weighted by molar-refractivity contribution is 5.95. The number of primary amides is 1. The molecule has 0 saturated heterocycles. The normalized spacial score (nSPS) is 16.1. The van der Waals surface area contributed by atoms with E-state index < -0.39 is 91.6 Å². The van der Waals surface area contributed by atoms with Gasteiger partial charge in [-0.15, -0.1) is 0 Å². The maximum absolute atomic E-state index is 12.8. The van der Waals surface area contributed by atoms with E-state index in [0.717, 1.165) is 0 Å². The average Bonchev–Trinajstić information content (AvgIpc) is 2.94. The first-order chi connectivity index (χ1) is 19.4. The summed E-state index contributed by atoms with van der Waals surface area (Å²) in [5.74, 6) is -5.11. The Morgan fingerprint density at radius 3 is 2.20 bits per heavy atom. The second-order valence-corrected chi connectivity index (χ2v) is 9.28. The standard InChI is InChI=1S/C26H38N4O11/c1-3-16(26(40)29-17(24(27)38)9-10-21(35)36)14(2)28-20(34)13-41-23(22(37)19(33)12-32)18(11-31)30-25(39)15-7-5-4-6-8-15/h4-8,11,14,16-19,22-23,32-33,37H,3,9-10,12-13H2,1-2H3,(H2,27,38)(H,28,34)(H,29,40)(H,30,39)(H,35,36)/t14?,16?,17?,18-,19+,22+,23+/m0/s1. The minimum atomic E-state index is -1.89. The quantitative estimate of drug-likeness (QED) is 0.0788. The molecule has 0 aromatic heterocycles. The predicted octanol–water partition coefficient (Wildman–Crippen LogP) is -2.55. The molecule has 9 N–H and O–H groups in total. The van der Waals surface area contributed by atoms with Crippen molar-refractivity contribution in [3.05, 3.63) is 35.9 Å². The van der Waals surface area contributed by atoms with E-state index in [1.807, 2.05) is 0 Å². The third-order valence-corrected chi connectivity index (χ3v) is 6.23. The van der Waals surface area contributed by atoms with E-state index in [4.69, 9.17) is 15.6 Å². The molecule has 0 bridgehead atoms. The Hall–Kier alpha value is -3.92. The van der Waals surface area contributed by atoms with E-state index in [0.29, 0.717) is 0 Å². The van der Waals surface area contributed by atoms with Crippen molar-refractivity contribution in [1.29, 1.82) is 0 Å². The Morgan fingerprint density at radius 2 is 1.68 bits per heavy atom. The van der Waals surface area contributed by atoms with Crippen LogP contribution in [0.3, 0.4) is 0 Å². The van der Waals surface area contributed by atoms with Gasteiger partial charge in [-0.05, 0) is 31.9 Å². The average molecular weight is 583 g/mol. The predicted molar refractivity (Wildman–Crippen MR) is 142 cm³/mol. The molecular weight excluding hydrogens is 544 g/mol. The van der Waals surface area contributed by atoms with Crippen molar-refractivity contribution in [3.8, 4) is 0 Å². The third kappa shape index (κ3) is 11.6. The fourth-order valence-corrected chi connectivity index (χ4v) is 3.93. The van der Waals surface area contributed by atoms with Gasteiger partial charge in [0.2, 0.25) is 17.7 Å². The number of carbonyl (C=O) groups is 6. The van der Waals surface area contributed by atoms with Crippen molar-refractivity contribution >= 4 is 35.9 Å². The second kappa shape index (κ2) is 17.7. The number of aliphatic carboxylic acids is 1. The molecular formula is C26H38N4O11. The zero-order chi connectivity index (χ0) is 31.1. The number of aldehydes is 1. The van der Waals surface area contributed by atoms with Crippen LogP contribution in [-0.4, -0.2) is 106 Å². The van der Waals surface area contributed by atoms with Gasteiger partial charge in [0.15, 0.2) is 0 Å². The lowest BCUT2D eigenvalue weighted by atomic mass is 9.96. The van der Waals surface area contributed by atoms with Gasteiger partial charge in [-0.2, -0.15) is 0 Å². The second-order valence-electron chi connectivity index (χ2n) is 9.28. The van der Waals surface area contributed by atoms with Gasteiger partial charge in [-0.1, -0.05) is 25.1 Å². The molecule has 3 unspecified atom stereocenters. The highest BCUT2D eigenvalue weighted by Gasteiger charge is 2.36. The first-order valence-electron chi connectivity index (χ1n) is 12.9. The van der Waals surface area contributed by atoms with Gasteiger partial charge in [0.05, 0.1) is 12.5 Å². The van der Waals surface area contributed by atoms with E-state index in [1.54, 1.807) is 25.1 Å². The molecule has 15 nitrogen and oxygen atoms in total. The van der Waals surface area contributed by atoms with Crippen LogP contribution in [0.2, 0.25) is 0 Å². The maximum atomic E-state index is 12.8. The molecule has 1 rings (SSSR count). The molecule has 0 aliphatic carbocycles. The van der Waals surface area contributed by atoms with E-state index in [9.17, 15) is 44.1 Å². The van der Waals surface area contributed by atoms with Crippen LogP contribution in [0.15, 0.2) is 30.3 Å². The number of aliphatic hydroxyl groups is 3. The number of rotatable bonds is 19. The molecule has 1 aromatic rings. The van der Waals surface area contributed by atoms with Crippen molar-refractivity contribution in [2.24, 2.45) is 11.7 Å². The van der Waals surface area contributed by atoms with Crippen LogP contribution < -0.4 is 21.7 Å². The van der Waals surface area contributed by atoms with Crippen molar-refractivity contribution < 1.29 is 53.9 Å². The smallest absolute Gasteiger partial charge is 0.303 e. The summed E-state index contributed by atoms with van der Waals surface area (Å²) in [6.45, 7) is 1.45. The Balaban J connectivity index is 2.91. The number of hydrogen-bond donors (Lipinski definition) is 8. The Labute approximate surface area is 236 Å². The number of ether oxygens (including phenoxy) is 1. The maximum Gasteiger partial charge on any atom is 0.303 e.